The highest BCUT2D eigenvalue weighted by Crippen LogP contribution is 2.37. The second-order valence-corrected chi connectivity index (χ2v) is 10.2. The Morgan fingerprint density at radius 1 is 0.977 bits per heavy atom. The molecule has 2 aromatic carbocycles. The number of ether oxygens (including phenoxy) is 5. The lowest BCUT2D eigenvalue weighted by Gasteiger charge is -2.21. The fraction of sp³-hybridized carbons (Fsp3) is 0.345. The number of aromatic amines is 1. The summed E-state index contributed by atoms with van der Waals surface area (Å²) in [5.74, 6) is -0.240. The predicted octanol–water partition coefficient (Wildman–Crippen LogP) is 5.30. The third-order valence-electron chi connectivity index (χ3n) is 6.43. The van der Waals surface area contributed by atoms with Gasteiger partial charge in [-0.25, -0.2) is 4.98 Å². The van der Waals surface area contributed by atoms with Crippen LogP contribution in [0.4, 0.5) is 8.78 Å². The monoisotopic (exact) mass is 642 g/mol. The van der Waals surface area contributed by atoms with E-state index in [2.05, 4.69) is 15.0 Å². The Hall–Kier alpha value is -3.87. The number of hydrogen-bond acceptors (Lipinski definition) is 8. The van der Waals surface area contributed by atoms with Crippen molar-refractivity contribution in [1.29, 1.82) is 0 Å². The van der Waals surface area contributed by atoms with Crippen LogP contribution in [0.2, 0.25) is 10.0 Å². The van der Waals surface area contributed by atoms with Crippen molar-refractivity contribution in [3.63, 3.8) is 0 Å². The van der Waals surface area contributed by atoms with Crippen LogP contribution in [0.3, 0.4) is 0 Å². The lowest BCUT2D eigenvalue weighted by molar-refractivity contribution is -0.377. The molecule has 1 amide bonds. The van der Waals surface area contributed by atoms with Crippen LogP contribution in [0.5, 0.6) is 23.0 Å². The molecule has 1 aromatic heterocycles. The topological polar surface area (TPSA) is 136 Å². The van der Waals surface area contributed by atoms with Gasteiger partial charge in [0.1, 0.15) is 22.7 Å². The number of aromatic nitrogens is 1. The van der Waals surface area contributed by atoms with Gasteiger partial charge >= 0.3 is 12.6 Å². The Morgan fingerprint density at radius 2 is 1.65 bits per heavy atom. The van der Waals surface area contributed by atoms with E-state index in [1.807, 2.05) is 0 Å². The first kappa shape index (κ1) is 33.6. The Kier molecular flexibility index (Phi) is 12.2. The summed E-state index contributed by atoms with van der Waals surface area (Å²) in [6.07, 6.45) is 4.09. The number of nitrogens with one attached hydrogen (secondary N) is 2. The van der Waals surface area contributed by atoms with Gasteiger partial charge in [-0.05, 0) is 54.7 Å². The minimum atomic E-state index is -3.06. The number of pyridine rings is 1. The average Bonchev–Trinajstić information content (AvgIpc) is 3.80. The molecule has 0 aliphatic heterocycles. The van der Waals surface area contributed by atoms with Gasteiger partial charge in [-0.15, -0.1) is 0 Å². The van der Waals surface area contributed by atoms with Crippen LogP contribution in [0, 0.1) is 5.92 Å². The summed E-state index contributed by atoms with van der Waals surface area (Å²) in [6.45, 7) is -3.19. The van der Waals surface area contributed by atoms with Gasteiger partial charge in [-0.2, -0.15) is 8.78 Å². The zero-order valence-corrected chi connectivity index (χ0v) is 24.7. The third kappa shape index (κ3) is 9.31. The van der Waals surface area contributed by atoms with Crippen LogP contribution in [0.1, 0.15) is 40.4 Å². The smallest absolute Gasteiger partial charge is 0.387 e. The molecule has 0 radical (unpaired) electrons. The molecule has 0 spiro atoms. The molecule has 1 aliphatic rings. The van der Waals surface area contributed by atoms with Crippen molar-refractivity contribution in [3.8, 4) is 23.0 Å². The average molecular weight is 643 g/mol. The Balaban J connectivity index is 0.00000506. The zero-order valence-electron chi connectivity index (χ0n) is 23.2. The standard InChI is InChI=1S/C29H28Cl2F2N2O7.H2O/c1-38-22-7-6-18(10-25(22)39-2)28(37)35-14-27(36)41-24(11-19-20(30)12-34-13-21(19)31)17-5-8-23(42-29(32)33)26(9-17)40-15-16-3-4-16;/h5-10,12-13,16,24,29H,3-4,11,14-15H2,1-2H3,(H,35,37);1H2/t24-;/m0./s1. The van der Waals surface area contributed by atoms with E-state index in [0.29, 0.717) is 45.2 Å². The number of hydrogen-bond donors (Lipinski definition) is 1. The summed E-state index contributed by atoms with van der Waals surface area (Å²) < 4.78 is 52.7. The van der Waals surface area contributed by atoms with E-state index in [4.69, 9.17) is 42.1 Å². The van der Waals surface area contributed by atoms with Crippen molar-refractivity contribution in [2.75, 3.05) is 27.4 Å². The van der Waals surface area contributed by atoms with Crippen molar-refractivity contribution >= 4 is 35.1 Å². The number of methoxy groups -OCH3 is 2. The molecular weight excluding hydrogens is 613 g/mol. The summed E-state index contributed by atoms with van der Waals surface area (Å²) in [7, 11) is 2.91. The van der Waals surface area contributed by atoms with Crippen LogP contribution in [-0.2, 0) is 16.0 Å². The number of benzene rings is 2. The summed E-state index contributed by atoms with van der Waals surface area (Å²) in [4.78, 5) is 28.5. The summed E-state index contributed by atoms with van der Waals surface area (Å²) in [5, 5.41) is 3.12. The van der Waals surface area contributed by atoms with Gasteiger partial charge < -0.3 is 34.5 Å². The largest absolute Gasteiger partial charge is 0.870 e. The Labute approximate surface area is 256 Å². The zero-order chi connectivity index (χ0) is 30.2. The van der Waals surface area contributed by atoms with Crippen molar-refractivity contribution in [2.45, 2.75) is 32.0 Å². The number of rotatable bonds is 14. The van der Waals surface area contributed by atoms with Crippen LogP contribution in [0.15, 0.2) is 48.8 Å². The first-order chi connectivity index (χ1) is 20.2. The fourth-order valence-corrected chi connectivity index (χ4v) is 4.57. The van der Waals surface area contributed by atoms with Crippen LogP contribution >= 0.6 is 23.2 Å². The molecule has 14 heteroatoms. The molecule has 1 saturated carbocycles. The summed E-state index contributed by atoms with van der Waals surface area (Å²) >= 11 is 12.7. The summed E-state index contributed by atoms with van der Waals surface area (Å²) in [6, 6.07) is 8.86. The highest BCUT2D eigenvalue weighted by molar-refractivity contribution is 6.35. The molecule has 232 valence electrons. The third-order valence-corrected chi connectivity index (χ3v) is 7.10. The molecule has 1 aliphatic carbocycles. The second kappa shape index (κ2) is 15.6. The van der Waals surface area contributed by atoms with E-state index >= 15 is 0 Å². The number of halogens is 4. The Bertz CT molecular complexity index is 1400. The molecule has 43 heavy (non-hydrogen) atoms. The van der Waals surface area contributed by atoms with Gasteiger partial charge in [-0.3, -0.25) is 9.59 Å². The van der Waals surface area contributed by atoms with E-state index < -0.39 is 31.1 Å². The van der Waals surface area contributed by atoms with Gasteiger partial charge in [0.05, 0.1) is 20.8 Å². The number of alkyl halides is 2. The van der Waals surface area contributed by atoms with Gasteiger partial charge in [0.2, 0.25) is 0 Å². The predicted molar refractivity (Wildman–Crippen MR) is 151 cm³/mol. The highest BCUT2D eigenvalue weighted by atomic mass is 35.5. The second-order valence-electron chi connectivity index (χ2n) is 9.40. The minimum Gasteiger partial charge on any atom is -0.870 e. The van der Waals surface area contributed by atoms with Crippen molar-refractivity contribution in [2.24, 2.45) is 5.92 Å². The normalized spacial score (nSPS) is 13.0. The van der Waals surface area contributed by atoms with Crippen molar-refractivity contribution in [1.82, 2.24) is 5.32 Å². The van der Waals surface area contributed by atoms with Crippen molar-refractivity contribution < 1.29 is 52.5 Å². The van der Waals surface area contributed by atoms with E-state index in [-0.39, 0.29) is 29.0 Å². The molecule has 1 fully saturated rings. The first-order valence-corrected chi connectivity index (χ1v) is 13.7. The molecule has 0 bridgehead atoms. The van der Waals surface area contributed by atoms with Gasteiger partial charge in [0.15, 0.2) is 35.4 Å². The Morgan fingerprint density at radius 3 is 2.28 bits per heavy atom. The van der Waals surface area contributed by atoms with E-state index in [9.17, 15) is 18.4 Å². The van der Waals surface area contributed by atoms with Crippen LogP contribution in [-0.4, -0.2) is 51.3 Å². The quantitative estimate of drug-likeness (QED) is 0.234. The molecular formula is C29H30Cl2F2N2O8. The maximum Gasteiger partial charge on any atom is 0.387 e. The van der Waals surface area contributed by atoms with Gasteiger partial charge in [-0.1, -0.05) is 29.3 Å². The lowest BCUT2D eigenvalue weighted by atomic mass is 10.0. The van der Waals surface area contributed by atoms with E-state index in [0.717, 1.165) is 12.8 Å². The molecule has 0 unspecified atom stereocenters. The van der Waals surface area contributed by atoms with E-state index in [1.54, 1.807) is 6.07 Å². The van der Waals surface area contributed by atoms with Crippen LogP contribution in [0.25, 0.3) is 0 Å². The first-order valence-electron chi connectivity index (χ1n) is 12.9. The number of carbonyl (C=O) groups excluding carboxylic acids is 2. The number of H-pyrrole nitrogens is 1. The molecule has 1 atom stereocenters. The summed E-state index contributed by atoms with van der Waals surface area (Å²) in [5.41, 5.74) is 1.14. The van der Waals surface area contributed by atoms with E-state index in [1.165, 1.54) is 56.9 Å². The number of esters is 1. The van der Waals surface area contributed by atoms with Crippen molar-refractivity contribution in [3.05, 3.63) is 75.5 Å². The lowest BCUT2D eigenvalue weighted by Crippen LogP contribution is -2.31. The minimum absolute atomic E-state index is 0. The molecule has 10 nitrogen and oxygen atoms in total. The number of amides is 1. The van der Waals surface area contributed by atoms with Crippen LogP contribution < -0.4 is 29.2 Å². The number of carbonyl (C=O) groups is 2. The van der Waals surface area contributed by atoms with Gasteiger partial charge in [0, 0.05) is 17.5 Å². The highest BCUT2D eigenvalue weighted by Gasteiger charge is 2.26. The molecule has 3 N–H and O–H groups in total. The maximum atomic E-state index is 13.0. The maximum absolute atomic E-state index is 13.0. The molecule has 0 saturated heterocycles. The molecule has 1 heterocycles. The van der Waals surface area contributed by atoms with Gasteiger partial charge in [0.25, 0.3) is 5.91 Å². The molecule has 3 aromatic rings. The SMILES string of the molecule is COc1ccc(C(=O)NCC(=O)O[C@@H](Cc2c(Cl)c[nH+]cc2Cl)c2ccc(OC(F)F)c(OCC3CC3)c2)cc1OC.[OH-]. The molecule has 4 rings (SSSR count). The fourth-order valence-electron chi connectivity index (χ4n) is 4.04.